The van der Waals surface area contributed by atoms with Crippen LogP contribution in [0.25, 0.3) is 0 Å². The average molecular weight is 510 g/mol. The lowest BCUT2D eigenvalue weighted by molar-refractivity contribution is 0.288. The van der Waals surface area contributed by atoms with Gasteiger partial charge < -0.3 is 15.4 Å². The van der Waals surface area contributed by atoms with E-state index in [1.54, 1.807) is 19.3 Å². The molecule has 2 saturated carbocycles. The van der Waals surface area contributed by atoms with Gasteiger partial charge in [0.05, 0.1) is 6.61 Å². The number of aliphatic imine (C=N–C) groups is 1. The van der Waals surface area contributed by atoms with Crippen molar-refractivity contribution in [2.24, 2.45) is 10.9 Å². The summed E-state index contributed by atoms with van der Waals surface area (Å²) in [6, 6.07) is 11.0. The van der Waals surface area contributed by atoms with Crippen molar-refractivity contribution in [3.05, 3.63) is 59.5 Å². The highest BCUT2D eigenvalue weighted by Gasteiger charge is 2.45. The molecule has 2 N–H and O–H groups in total. The summed E-state index contributed by atoms with van der Waals surface area (Å²) < 4.78 is 19.9. The SMILES string of the molecule is CN=C(NCc1ccnc(OCC2CC2)c1)NCC1(c2ccccc2F)CC1.I. The normalized spacial score (nSPS) is 17.2. The summed E-state index contributed by atoms with van der Waals surface area (Å²) in [6.07, 6.45) is 6.27. The largest absolute Gasteiger partial charge is 0.477 e. The Morgan fingerprint density at radius 2 is 2.03 bits per heavy atom. The number of aromatic nitrogens is 1. The second-order valence-corrected chi connectivity index (χ2v) is 7.80. The smallest absolute Gasteiger partial charge is 0.213 e. The first kappa shape index (κ1) is 21.8. The minimum atomic E-state index is -0.125. The number of rotatable bonds is 8. The van der Waals surface area contributed by atoms with Crippen molar-refractivity contribution in [2.75, 3.05) is 20.2 Å². The molecule has 7 heteroatoms. The van der Waals surface area contributed by atoms with E-state index in [1.165, 1.54) is 18.9 Å². The number of pyridine rings is 1. The Kier molecular flexibility index (Phi) is 7.32. The topological polar surface area (TPSA) is 58.5 Å². The highest BCUT2D eigenvalue weighted by molar-refractivity contribution is 14.0. The Morgan fingerprint density at radius 3 is 2.72 bits per heavy atom. The van der Waals surface area contributed by atoms with Gasteiger partial charge >= 0.3 is 0 Å². The van der Waals surface area contributed by atoms with Crippen molar-refractivity contribution in [2.45, 2.75) is 37.6 Å². The zero-order valence-electron chi connectivity index (χ0n) is 16.7. The molecular weight excluding hydrogens is 482 g/mol. The number of guanidine groups is 1. The molecular formula is C22H28FIN4O. The van der Waals surface area contributed by atoms with E-state index in [9.17, 15) is 4.39 Å². The molecule has 2 aliphatic carbocycles. The standard InChI is InChI=1S/C22H27FN4O.HI/c1-24-21(27-15-22(9-10-22)18-4-2-3-5-19(18)23)26-13-17-8-11-25-20(12-17)28-14-16-6-7-16;/h2-5,8,11-12,16H,6-7,9-10,13-15H2,1H3,(H2,24,26,27);1H. The third kappa shape index (κ3) is 5.81. The van der Waals surface area contributed by atoms with Gasteiger partial charge in [-0.15, -0.1) is 24.0 Å². The van der Waals surface area contributed by atoms with Gasteiger partial charge in [-0.25, -0.2) is 9.37 Å². The first-order chi connectivity index (χ1) is 13.7. The summed E-state index contributed by atoms with van der Waals surface area (Å²) in [7, 11) is 1.74. The Hall–Kier alpha value is -1.90. The Balaban J connectivity index is 0.00000240. The molecule has 0 unspecified atom stereocenters. The molecule has 156 valence electrons. The number of nitrogens with zero attached hydrogens (tertiary/aromatic N) is 2. The van der Waals surface area contributed by atoms with Crippen molar-refractivity contribution in [3.8, 4) is 5.88 Å². The maximum absolute atomic E-state index is 14.2. The lowest BCUT2D eigenvalue weighted by atomic mass is 9.95. The molecule has 0 amide bonds. The van der Waals surface area contributed by atoms with E-state index in [1.807, 2.05) is 24.3 Å². The van der Waals surface area contributed by atoms with E-state index in [0.29, 0.717) is 30.8 Å². The van der Waals surface area contributed by atoms with Crippen LogP contribution >= 0.6 is 24.0 Å². The summed E-state index contributed by atoms with van der Waals surface area (Å²) in [5.41, 5.74) is 1.76. The van der Waals surface area contributed by atoms with Gasteiger partial charge in [0, 0.05) is 37.8 Å². The van der Waals surface area contributed by atoms with E-state index in [2.05, 4.69) is 20.6 Å². The number of nitrogens with one attached hydrogen (secondary N) is 2. The van der Waals surface area contributed by atoms with E-state index in [0.717, 1.165) is 30.6 Å². The van der Waals surface area contributed by atoms with Crippen molar-refractivity contribution in [1.29, 1.82) is 0 Å². The molecule has 0 atom stereocenters. The van der Waals surface area contributed by atoms with Crippen molar-refractivity contribution in [1.82, 2.24) is 15.6 Å². The van der Waals surface area contributed by atoms with Gasteiger partial charge in [0.2, 0.25) is 5.88 Å². The summed E-state index contributed by atoms with van der Waals surface area (Å²) >= 11 is 0. The summed E-state index contributed by atoms with van der Waals surface area (Å²) in [6.45, 7) is 2.04. The Bertz CT molecular complexity index is 852. The quantitative estimate of drug-likeness (QED) is 0.320. The zero-order valence-corrected chi connectivity index (χ0v) is 19.0. The monoisotopic (exact) mass is 510 g/mol. The molecule has 4 rings (SSSR count). The molecule has 0 spiro atoms. The second kappa shape index (κ2) is 9.73. The predicted octanol–water partition coefficient (Wildman–Crippen LogP) is 4.02. The molecule has 0 bridgehead atoms. The first-order valence-corrected chi connectivity index (χ1v) is 9.96. The summed E-state index contributed by atoms with van der Waals surface area (Å²) in [5, 5.41) is 6.67. The van der Waals surface area contributed by atoms with E-state index in [-0.39, 0.29) is 35.2 Å². The fourth-order valence-electron chi connectivity index (χ4n) is 3.37. The van der Waals surface area contributed by atoms with Gasteiger partial charge in [-0.1, -0.05) is 18.2 Å². The maximum Gasteiger partial charge on any atom is 0.213 e. The molecule has 1 aromatic heterocycles. The van der Waals surface area contributed by atoms with Crippen molar-refractivity contribution >= 4 is 29.9 Å². The number of ether oxygens (including phenoxy) is 1. The number of hydrogen-bond donors (Lipinski definition) is 2. The third-order valence-electron chi connectivity index (χ3n) is 5.54. The van der Waals surface area contributed by atoms with Gasteiger partial charge in [0.25, 0.3) is 0 Å². The van der Waals surface area contributed by atoms with Crippen LogP contribution in [0.2, 0.25) is 0 Å². The molecule has 5 nitrogen and oxygen atoms in total. The van der Waals surface area contributed by atoms with Crippen LogP contribution in [0.1, 0.15) is 36.8 Å². The highest BCUT2D eigenvalue weighted by atomic mass is 127. The van der Waals surface area contributed by atoms with Crippen LogP contribution in [-0.2, 0) is 12.0 Å². The minimum Gasteiger partial charge on any atom is -0.477 e. The molecule has 0 saturated heterocycles. The van der Waals surface area contributed by atoms with E-state index in [4.69, 9.17) is 4.74 Å². The van der Waals surface area contributed by atoms with Crippen LogP contribution in [0.5, 0.6) is 5.88 Å². The average Bonchev–Trinajstić information content (AvgIpc) is 3.63. The lowest BCUT2D eigenvalue weighted by Crippen LogP contribution is -2.41. The molecule has 2 aromatic rings. The fourth-order valence-corrected chi connectivity index (χ4v) is 3.37. The molecule has 1 heterocycles. The Labute approximate surface area is 188 Å². The van der Waals surface area contributed by atoms with E-state index >= 15 is 0 Å². The molecule has 2 aliphatic rings. The van der Waals surface area contributed by atoms with Gasteiger partial charge in [-0.3, -0.25) is 4.99 Å². The van der Waals surface area contributed by atoms with Crippen molar-refractivity contribution in [3.63, 3.8) is 0 Å². The molecule has 29 heavy (non-hydrogen) atoms. The van der Waals surface area contributed by atoms with Crippen LogP contribution in [-0.4, -0.2) is 31.1 Å². The lowest BCUT2D eigenvalue weighted by Gasteiger charge is -2.19. The zero-order chi connectivity index (χ0) is 19.4. The van der Waals surface area contributed by atoms with Crippen LogP contribution in [0, 0.1) is 11.7 Å². The summed E-state index contributed by atoms with van der Waals surface area (Å²) in [5.74, 6) is 1.96. The van der Waals surface area contributed by atoms with Gasteiger partial charge in [0.1, 0.15) is 5.82 Å². The van der Waals surface area contributed by atoms with Gasteiger partial charge in [-0.2, -0.15) is 0 Å². The number of benzene rings is 1. The molecule has 2 fully saturated rings. The molecule has 0 radical (unpaired) electrons. The summed E-state index contributed by atoms with van der Waals surface area (Å²) in [4.78, 5) is 8.57. The molecule has 0 aliphatic heterocycles. The van der Waals surface area contributed by atoms with Crippen molar-refractivity contribution < 1.29 is 9.13 Å². The van der Waals surface area contributed by atoms with E-state index < -0.39 is 0 Å². The number of hydrogen-bond acceptors (Lipinski definition) is 3. The van der Waals surface area contributed by atoms with Crippen LogP contribution in [0.15, 0.2) is 47.6 Å². The fraction of sp³-hybridized carbons (Fsp3) is 0.455. The maximum atomic E-state index is 14.2. The predicted molar refractivity (Wildman–Crippen MR) is 123 cm³/mol. The first-order valence-electron chi connectivity index (χ1n) is 9.96. The minimum absolute atomic E-state index is 0. The highest BCUT2D eigenvalue weighted by Crippen LogP contribution is 2.48. The second-order valence-electron chi connectivity index (χ2n) is 7.80. The van der Waals surface area contributed by atoms with Crippen LogP contribution in [0.4, 0.5) is 4.39 Å². The molecule has 1 aromatic carbocycles. The van der Waals surface area contributed by atoms with Gasteiger partial charge in [-0.05, 0) is 54.9 Å². The van der Waals surface area contributed by atoms with Gasteiger partial charge in [0.15, 0.2) is 5.96 Å². The third-order valence-corrected chi connectivity index (χ3v) is 5.54. The number of halogens is 2. The van der Waals surface area contributed by atoms with Crippen LogP contribution < -0.4 is 15.4 Å². The van der Waals surface area contributed by atoms with Crippen LogP contribution in [0.3, 0.4) is 0 Å². The Morgan fingerprint density at radius 1 is 1.24 bits per heavy atom.